The monoisotopic (exact) mass is 359 g/mol. The lowest BCUT2D eigenvalue weighted by Gasteiger charge is -2.11. The van der Waals surface area contributed by atoms with Gasteiger partial charge in [0.05, 0.1) is 22.0 Å². The Hall–Kier alpha value is -1.67. The van der Waals surface area contributed by atoms with E-state index < -0.39 is 15.8 Å². The number of nitrogens with two attached hydrogens (primary N) is 1. The predicted molar refractivity (Wildman–Crippen MR) is 78.3 cm³/mol. The van der Waals surface area contributed by atoms with Crippen LogP contribution in [0.15, 0.2) is 40.0 Å². The van der Waals surface area contributed by atoms with Crippen LogP contribution in [0.4, 0.5) is 15.8 Å². The molecule has 8 heteroatoms. The zero-order valence-electron chi connectivity index (χ0n) is 10.4. The number of rotatable bonds is 3. The van der Waals surface area contributed by atoms with Crippen molar-refractivity contribution in [1.29, 1.82) is 0 Å². The van der Waals surface area contributed by atoms with Gasteiger partial charge in [-0.05, 0) is 46.6 Å². The van der Waals surface area contributed by atoms with E-state index in [9.17, 15) is 12.8 Å². The molecule has 2 aromatic rings. The van der Waals surface area contributed by atoms with Crippen molar-refractivity contribution >= 4 is 37.3 Å². The van der Waals surface area contributed by atoms with Crippen molar-refractivity contribution in [2.45, 2.75) is 11.8 Å². The first-order valence-corrected chi connectivity index (χ1v) is 7.76. The molecule has 1 aromatic carbocycles. The van der Waals surface area contributed by atoms with Crippen molar-refractivity contribution in [3.8, 4) is 0 Å². The molecular weight excluding hydrogens is 349 g/mol. The molecular formula is C12H11BrFN3O2S. The van der Waals surface area contributed by atoms with Crippen LogP contribution in [0.2, 0.25) is 0 Å². The Labute approximate surface area is 124 Å². The zero-order chi connectivity index (χ0) is 14.9. The molecule has 106 valence electrons. The van der Waals surface area contributed by atoms with E-state index in [1.54, 1.807) is 19.2 Å². The van der Waals surface area contributed by atoms with Gasteiger partial charge < -0.3 is 5.73 Å². The van der Waals surface area contributed by atoms with Crippen molar-refractivity contribution in [2.75, 3.05) is 10.5 Å². The Morgan fingerprint density at radius 2 is 2.00 bits per heavy atom. The third-order valence-corrected chi connectivity index (χ3v) is 4.51. The molecule has 0 bridgehead atoms. The number of sulfonamides is 1. The highest BCUT2D eigenvalue weighted by Crippen LogP contribution is 2.27. The molecule has 0 fully saturated rings. The van der Waals surface area contributed by atoms with Crippen LogP contribution in [-0.2, 0) is 10.0 Å². The van der Waals surface area contributed by atoms with Gasteiger partial charge in [-0.1, -0.05) is 0 Å². The van der Waals surface area contributed by atoms with Crippen LogP contribution >= 0.6 is 15.9 Å². The number of hydrogen-bond acceptors (Lipinski definition) is 4. The SMILES string of the molecule is Cc1cncc(NS(=O)(=O)c2cc(Br)c(F)cc2N)c1. The summed E-state index contributed by atoms with van der Waals surface area (Å²) in [5.41, 5.74) is 6.51. The Bertz CT molecular complexity index is 765. The molecule has 3 N–H and O–H groups in total. The molecule has 0 unspecified atom stereocenters. The number of nitrogens with one attached hydrogen (secondary N) is 1. The summed E-state index contributed by atoms with van der Waals surface area (Å²) in [6.07, 6.45) is 2.97. The van der Waals surface area contributed by atoms with Gasteiger partial charge in [-0.2, -0.15) is 0 Å². The number of aromatic nitrogens is 1. The average Bonchev–Trinajstić information content (AvgIpc) is 2.33. The van der Waals surface area contributed by atoms with Gasteiger partial charge in [-0.3, -0.25) is 9.71 Å². The van der Waals surface area contributed by atoms with Crippen LogP contribution in [0.25, 0.3) is 0 Å². The van der Waals surface area contributed by atoms with Crippen LogP contribution in [0.3, 0.4) is 0 Å². The van der Waals surface area contributed by atoms with Gasteiger partial charge >= 0.3 is 0 Å². The normalized spacial score (nSPS) is 11.3. The first kappa shape index (κ1) is 14.7. The van der Waals surface area contributed by atoms with Crippen molar-refractivity contribution < 1.29 is 12.8 Å². The third kappa shape index (κ3) is 3.07. The highest BCUT2D eigenvalue weighted by atomic mass is 79.9. The fraction of sp³-hybridized carbons (Fsp3) is 0.0833. The second-order valence-corrected chi connectivity index (χ2v) is 6.67. The van der Waals surface area contributed by atoms with Crippen molar-refractivity contribution in [1.82, 2.24) is 4.98 Å². The van der Waals surface area contributed by atoms with Crippen LogP contribution < -0.4 is 10.5 Å². The summed E-state index contributed by atoms with van der Waals surface area (Å²) in [5, 5.41) is 0. The molecule has 0 aliphatic rings. The second kappa shape index (κ2) is 5.37. The van der Waals surface area contributed by atoms with E-state index in [0.717, 1.165) is 17.7 Å². The molecule has 0 saturated carbocycles. The predicted octanol–water partition coefficient (Wildman–Crippen LogP) is 2.67. The Balaban J connectivity index is 2.43. The number of nitrogen functional groups attached to an aromatic ring is 1. The maximum absolute atomic E-state index is 13.3. The molecule has 0 atom stereocenters. The molecule has 20 heavy (non-hydrogen) atoms. The summed E-state index contributed by atoms with van der Waals surface area (Å²) < 4.78 is 40.1. The summed E-state index contributed by atoms with van der Waals surface area (Å²) in [4.78, 5) is 3.69. The van der Waals surface area contributed by atoms with E-state index in [0.29, 0.717) is 5.69 Å². The van der Waals surface area contributed by atoms with Crippen LogP contribution in [0.5, 0.6) is 0 Å². The fourth-order valence-corrected chi connectivity index (χ4v) is 3.27. The highest BCUT2D eigenvalue weighted by Gasteiger charge is 2.20. The Kier molecular flexibility index (Phi) is 3.96. The molecule has 0 spiro atoms. The molecule has 1 aromatic heterocycles. The van der Waals surface area contributed by atoms with E-state index >= 15 is 0 Å². The highest BCUT2D eigenvalue weighted by molar-refractivity contribution is 9.10. The van der Waals surface area contributed by atoms with E-state index in [2.05, 4.69) is 25.6 Å². The lowest BCUT2D eigenvalue weighted by molar-refractivity contribution is 0.599. The van der Waals surface area contributed by atoms with Gasteiger partial charge in [0, 0.05) is 6.20 Å². The van der Waals surface area contributed by atoms with Crippen molar-refractivity contribution in [3.05, 3.63) is 46.4 Å². The number of pyridine rings is 1. The largest absolute Gasteiger partial charge is 0.398 e. The average molecular weight is 360 g/mol. The topological polar surface area (TPSA) is 85.1 Å². The maximum Gasteiger partial charge on any atom is 0.264 e. The van der Waals surface area contributed by atoms with E-state index in [4.69, 9.17) is 5.73 Å². The van der Waals surface area contributed by atoms with Crippen molar-refractivity contribution in [3.63, 3.8) is 0 Å². The first-order chi connectivity index (χ1) is 9.29. The summed E-state index contributed by atoms with van der Waals surface area (Å²) in [5.74, 6) is -0.626. The van der Waals surface area contributed by atoms with Crippen molar-refractivity contribution in [2.24, 2.45) is 0 Å². The fourth-order valence-electron chi connectivity index (χ4n) is 1.60. The lowest BCUT2D eigenvalue weighted by Crippen LogP contribution is -2.15. The number of benzene rings is 1. The van der Waals surface area contributed by atoms with Gasteiger partial charge in [0.15, 0.2) is 0 Å². The summed E-state index contributed by atoms with van der Waals surface area (Å²) >= 11 is 2.93. The molecule has 0 radical (unpaired) electrons. The number of aryl methyl sites for hydroxylation is 1. The third-order valence-electron chi connectivity index (χ3n) is 2.47. The standard InChI is InChI=1S/C12H11BrFN3O2S/c1-7-2-8(6-16-5-7)17-20(18,19)12-3-9(13)10(14)4-11(12)15/h2-6,17H,15H2,1H3. The summed E-state index contributed by atoms with van der Waals surface area (Å²) in [6, 6.07) is 3.70. The zero-order valence-corrected chi connectivity index (χ0v) is 12.8. The first-order valence-electron chi connectivity index (χ1n) is 5.48. The quantitative estimate of drug-likeness (QED) is 0.825. The minimum Gasteiger partial charge on any atom is -0.398 e. The smallest absolute Gasteiger partial charge is 0.264 e. The van der Waals surface area contributed by atoms with E-state index in [1.165, 1.54) is 6.20 Å². The summed E-state index contributed by atoms with van der Waals surface area (Å²) in [6.45, 7) is 1.79. The van der Waals surface area contributed by atoms with E-state index in [1.807, 2.05) is 0 Å². The molecule has 0 amide bonds. The van der Waals surface area contributed by atoms with Gasteiger partial charge in [-0.15, -0.1) is 0 Å². The second-order valence-electron chi connectivity index (χ2n) is 4.16. The van der Waals surface area contributed by atoms with E-state index in [-0.39, 0.29) is 15.1 Å². The molecule has 2 rings (SSSR count). The Morgan fingerprint density at radius 1 is 1.30 bits per heavy atom. The minimum atomic E-state index is -3.91. The summed E-state index contributed by atoms with van der Waals surface area (Å²) in [7, 11) is -3.91. The molecule has 0 aliphatic heterocycles. The number of halogens is 2. The number of nitrogens with zero attached hydrogens (tertiary/aromatic N) is 1. The molecule has 1 heterocycles. The molecule has 0 aliphatic carbocycles. The van der Waals surface area contributed by atoms with Gasteiger partial charge in [-0.25, -0.2) is 12.8 Å². The minimum absolute atomic E-state index is 0.0226. The molecule has 5 nitrogen and oxygen atoms in total. The Morgan fingerprint density at radius 3 is 2.65 bits per heavy atom. The maximum atomic E-state index is 13.3. The molecule has 0 saturated heterocycles. The number of anilines is 2. The van der Waals surface area contributed by atoms with Gasteiger partial charge in [0.25, 0.3) is 10.0 Å². The van der Waals surface area contributed by atoms with Crippen LogP contribution in [-0.4, -0.2) is 13.4 Å². The van der Waals surface area contributed by atoms with Crippen LogP contribution in [0, 0.1) is 12.7 Å². The lowest BCUT2D eigenvalue weighted by atomic mass is 10.3. The van der Waals surface area contributed by atoms with Crippen LogP contribution in [0.1, 0.15) is 5.56 Å². The van der Waals surface area contributed by atoms with Gasteiger partial charge in [0.1, 0.15) is 10.7 Å². The van der Waals surface area contributed by atoms with Gasteiger partial charge in [0.2, 0.25) is 0 Å². The number of hydrogen-bond donors (Lipinski definition) is 2.